The second kappa shape index (κ2) is 13.0. The predicted molar refractivity (Wildman–Crippen MR) is 225 cm³/mol. The van der Waals surface area contributed by atoms with E-state index in [1.807, 2.05) is 60.7 Å². The van der Waals surface area contributed by atoms with E-state index in [4.69, 9.17) is 19.7 Å². The number of benzene rings is 7. The van der Waals surface area contributed by atoms with Crippen molar-refractivity contribution < 1.29 is 4.74 Å². The normalized spacial score (nSPS) is 14.6. The molecule has 2 aliphatic carbocycles. The molecule has 0 unspecified atom stereocenters. The topological polar surface area (TPSA) is 47.9 Å². The van der Waals surface area contributed by atoms with E-state index in [1.165, 1.54) is 44.5 Å². The van der Waals surface area contributed by atoms with Crippen molar-refractivity contribution >= 4 is 5.57 Å². The SMILES string of the molecule is C1=C(c2cccc(-c3cccc(-c4nc(-c5ccccc5)nc(-c5ccccc5)n4)c3)c2)CCC2=C1C1(c3ccccc3O2)c2ccccc2-c2ccccc21. The van der Waals surface area contributed by atoms with Crippen molar-refractivity contribution in [2.75, 3.05) is 0 Å². The number of rotatable bonds is 5. The summed E-state index contributed by atoms with van der Waals surface area (Å²) in [6, 6.07) is 64.2. The fraction of sp³-hybridized carbons (Fsp3) is 0.0577. The molecule has 0 amide bonds. The van der Waals surface area contributed by atoms with Gasteiger partial charge < -0.3 is 4.74 Å². The van der Waals surface area contributed by atoms with Crippen molar-refractivity contribution in [1.29, 1.82) is 0 Å². The number of nitrogens with zero attached hydrogens (tertiary/aromatic N) is 3. The van der Waals surface area contributed by atoms with Crippen LogP contribution in [-0.2, 0) is 5.41 Å². The lowest BCUT2D eigenvalue weighted by Gasteiger charge is -2.42. The Balaban J connectivity index is 1.01. The molecule has 4 heteroatoms. The molecule has 1 aliphatic heterocycles. The van der Waals surface area contributed by atoms with Gasteiger partial charge in [-0.3, -0.25) is 0 Å². The lowest BCUT2D eigenvalue weighted by Crippen LogP contribution is -2.35. The van der Waals surface area contributed by atoms with Gasteiger partial charge in [0.25, 0.3) is 0 Å². The Hall–Kier alpha value is -7.17. The quantitative estimate of drug-likeness (QED) is 0.178. The molecule has 11 rings (SSSR count). The van der Waals surface area contributed by atoms with Crippen LogP contribution in [0.25, 0.3) is 62.0 Å². The van der Waals surface area contributed by atoms with Crippen molar-refractivity contribution in [1.82, 2.24) is 15.0 Å². The smallest absolute Gasteiger partial charge is 0.164 e. The lowest BCUT2D eigenvalue weighted by molar-refractivity contribution is 0.365. The molecule has 0 atom stereocenters. The minimum atomic E-state index is -0.462. The number of fused-ring (bicyclic) bond motifs is 8. The summed E-state index contributed by atoms with van der Waals surface area (Å²) in [6.45, 7) is 0. The minimum Gasteiger partial charge on any atom is -0.461 e. The molecule has 0 N–H and O–H groups in total. The van der Waals surface area contributed by atoms with Crippen LogP contribution in [0.1, 0.15) is 35.1 Å². The summed E-state index contributed by atoms with van der Waals surface area (Å²) >= 11 is 0. The first-order valence-corrected chi connectivity index (χ1v) is 19.2. The summed E-state index contributed by atoms with van der Waals surface area (Å²) in [6.07, 6.45) is 4.15. The van der Waals surface area contributed by atoms with Crippen LogP contribution in [0.3, 0.4) is 0 Å². The number of allylic oxidation sites excluding steroid dienone is 4. The number of hydrogen-bond donors (Lipinski definition) is 0. The number of para-hydroxylation sites is 1. The molecular weight excluding hydrogens is 683 g/mol. The maximum absolute atomic E-state index is 6.78. The largest absolute Gasteiger partial charge is 0.461 e. The van der Waals surface area contributed by atoms with Crippen LogP contribution in [0.2, 0.25) is 0 Å². The zero-order chi connectivity index (χ0) is 37.1. The van der Waals surface area contributed by atoms with E-state index in [-0.39, 0.29) is 0 Å². The summed E-state index contributed by atoms with van der Waals surface area (Å²) in [5.41, 5.74) is 14.8. The maximum Gasteiger partial charge on any atom is 0.164 e. The Morgan fingerprint density at radius 3 is 1.48 bits per heavy atom. The molecule has 264 valence electrons. The molecule has 0 bridgehead atoms. The molecule has 0 saturated heterocycles. The molecule has 0 radical (unpaired) electrons. The third-order valence-electron chi connectivity index (χ3n) is 11.5. The van der Waals surface area contributed by atoms with E-state index in [0.29, 0.717) is 17.5 Å². The van der Waals surface area contributed by atoms with Crippen molar-refractivity contribution in [3.05, 3.63) is 222 Å². The van der Waals surface area contributed by atoms with Gasteiger partial charge in [-0.15, -0.1) is 0 Å². The van der Waals surface area contributed by atoms with Gasteiger partial charge in [-0.05, 0) is 69.1 Å². The minimum absolute atomic E-state index is 0.462. The average molecular weight is 718 g/mol. The zero-order valence-corrected chi connectivity index (χ0v) is 30.6. The Morgan fingerprint density at radius 1 is 0.393 bits per heavy atom. The van der Waals surface area contributed by atoms with E-state index in [2.05, 4.69) is 127 Å². The third-order valence-corrected chi connectivity index (χ3v) is 11.5. The first-order chi connectivity index (χ1) is 27.7. The zero-order valence-electron chi connectivity index (χ0n) is 30.6. The van der Waals surface area contributed by atoms with Crippen LogP contribution in [0.5, 0.6) is 5.75 Å². The monoisotopic (exact) mass is 717 g/mol. The highest BCUT2D eigenvalue weighted by molar-refractivity contribution is 5.90. The molecule has 3 aliphatic rings. The van der Waals surface area contributed by atoms with Gasteiger partial charge in [-0.25, -0.2) is 15.0 Å². The fourth-order valence-electron chi connectivity index (χ4n) is 8.99. The highest BCUT2D eigenvalue weighted by Crippen LogP contribution is 2.62. The molecule has 0 fully saturated rings. The molecule has 2 heterocycles. The Morgan fingerprint density at radius 2 is 0.857 bits per heavy atom. The molecule has 56 heavy (non-hydrogen) atoms. The van der Waals surface area contributed by atoms with Crippen LogP contribution in [-0.4, -0.2) is 15.0 Å². The highest BCUT2D eigenvalue weighted by atomic mass is 16.5. The third kappa shape index (κ3) is 5.10. The molecule has 8 aromatic rings. The van der Waals surface area contributed by atoms with Crippen LogP contribution in [0.4, 0.5) is 0 Å². The van der Waals surface area contributed by atoms with Crippen molar-refractivity contribution in [3.8, 4) is 62.2 Å². The summed E-state index contributed by atoms with van der Waals surface area (Å²) < 4.78 is 6.78. The van der Waals surface area contributed by atoms with Crippen LogP contribution in [0.15, 0.2) is 199 Å². The standard InChI is InChI=1S/C52H35N3O/c1-3-15-34(16-4-1)49-53-50(35-17-5-2-6-18-35)55-51(54-49)40-22-14-21-38(32-40)36-19-13-20-37(31-36)39-29-30-48-46(33-39)52(45-27-11-12-28-47(45)56-48)43-25-9-7-23-41(43)42-24-8-10-26-44(42)52/h1-28,31-33H,29-30H2. The molecule has 7 aromatic carbocycles. The number of hydrogen-bond acceptors (Lipinski definition) is 4. The lowest BCUT2D eigenvalue weighted by atomic mass is 9.64. The Labute approximate surface area is 326 Å². The number of ether oxygens (including phenoxy) is 1. The average Bonchev–Trinajstić information content (AvgIpc) is 3.57. The van der Waals surface area contributed by atoms with Crippen molar-refractivity contribution in [3.63, 3.8) is 0 Å². The summed E-state index contributed by atoms with van der Waals surface area (Å²) in [5, 5.41) is 0. The summed E-state index contributed by atoms with van der Waals surface area (Å²) in [7, 11) is 0. The highest BCUT2D eigenvalue weighted by Gasteiger charge is 2.52. The van der Waals surface area contributed by atoms with E-state index >= 15 is 0 Å². The number of aromatic nitrogens is 3. The molecule has 1 aromatic heterocycles. The van der Waals surface area contributed by atoms with Gasteiger partial charge in [0.05, 0.1) is 5.41 Å². The second-order valence-corrected chi connectivity index (χ2v) is 14.6. The maximum atomic E-state index is 6.78. The van der Waals surface area contributed by atoms with E-state index < -0.39 is 5.41 Å². The second-order valence-electron chi connectivity index (χ2n) is 14.6. The van der Waals surface area contributed by atoms with E-state index in [9.17, 15) is 0 Å². The molecular formula is C52H35N3O. The first kappa shape index (κ1) is 32.3. The van der Waals surface area contributed by atoms with E-state index in [1.54, 1.807) is 0 Å². The van der Waals surface area contributed by atoms with E-state index in [0.717, 1.165) is 52.2 Å². The molecule has 1 spiro atoms. The van der Waals surface area contributed by atoms with Gasteiger partial charge in [-0.2, -0.15) is 0 Å². The van der Waals surface area contributed by atoms with Gasteiger partial charge in [-0.1, -0.05) is 170 Å². The van der Waals surface area contributed by atoms with Gasteiger partial charge in [0.2, 0.25) is 0 Å². The molecule has 4 nitrogen and oxygen atoms in total. The predicted octanol–water partition coefficient (Wildman–Crippen LogP) is 12.4. The fourth-order valence-corrected chi connectivity index (χ4v) is 8.99. The van der Waals surface area contributed by atoms with Gasteiger partial charge in [0, 0.05) is 34.2 Å². The van der Waals surface area contributed by atoms with Crippen LogP contribution < -0.4 is 4.74 Å². The van der Waals surface area contributed by atoms with Gasteiger partial charge in [0.1, 0.15) is 11.5 Å². The first-order valence-electron chi connectivity index (χ1n) is 19.2. The Bertz CT molecular complexity index is 2790. The summed E-state index contributed by atoms with van der Waals surface area (Å²) in [4.78, 5) is 14.9. The van der Waals surface area contributed by atoms with Gasteiger partial charge >= 0.3 is 0 Å². The van der Waals surface area contributed by atoms with Crippen LogP contribution >= 0.6 is 0 Å². The van der Waals surface area contributed by atoms with Gasteiger partial charge in [0.15, 0.2) is 17.5 Å². The summed E-state index contributed by atoms with van der Waals surface area (Å²) in [5.74, 6) is 3.95. The Kier molecular flexibility index (Phi) is 7.49. The van der Waals surface area contributed by atoms with Crippen LogP contribution in [0, 0.1) is 0 Å². The van der Waals surface area contributed by atoms with Crippen molar-refractivity contribution in [2.24, 2.45) is 0 Å². The molecule has 0 saturated carbocycles. The van der Waals surface area contributed by atoms with Crippen molar-refractivity contribution in [2.45, 2.75) is 18.3 Å².